The van der Waals surface area contributed by atoms with E-state index in [0.29, 0.717) is 12.2 Å². The van der Waals surface area contributed by atoms with Crippen molar-refractivity contribution in [3.8, 4) is 0 Å². The number of nitrogens with one attached hydrogen (secondary N) is 1. The Morgan fingerprint density at radius 2 is 1.75 bits per heavy atom. The summed E-state index contributed by atoms with van der Waals surface area (Å²) in [7, 11) is -2.12. The summed E-state index contributed by atoms with van der Waals surface area (Å²) in [5.74, 6) is -0.208. The summed E-state index contributed by atoms with van der Waals surface area (Å²) in [5.41, 5.74) is 2.48. The van der Waals surface area contributed by atoms with Gasteiger partial charge in [0.15, 0.2) is 0 Å². The van der Waals surface area contributed by atoms with Crippen molar-refractivity contribution < 1.29 is 13.2 Å². The lowest BCUT2D eigenvalue weighted by atomic mass is 10.2. The van der Waals surface area contributed by atoms with E-state index in [-0.39, 0.29) is 17.3 Å². The standard InChI is InChI=1S/C20H22N4O3S/c1-16(25)22-19-8-10-20(11-9-19)28(26,27)23(2)13-18-12-21-24(15-18)14-17-6-4-3-5-7-17/h3-12,15H,13-14H2,1-2H3,(H,22,25). The van der Waals surface area contributed by atoms with Gasteiger partial charge in [0.05, 0.1) is 17.6 Å². The highest BCUT2D eigenvalue weighted by Gasteiger charge is 2.21. The van der Waals surface area contributed by atoms with Gasteiger partial charge in [0.25, 0.3) is 0 Å². The first-order valence-corrected chi connectivity index (χ1v) is 10.2. The van der Waals surface area contributed by atoms with E-state index in [0.717, 1.165) is 11.1 Å². The molecule has 0 bridgehead atoms. The van der Waals surface area contributed by atoms with Crippen LogP contribution < -0.4 is 5.32 Å². The van der Waals surface area contributed by atoms with E-state index in [9.17, 15) is 13.2 Å². The molecule has 28 heavy (non-hydrogen) atoms. The van der Waals surface area contributed by atoms with Gasteiger partial charge in [-0.3, -0.25) is 9.48 Å². The van der Waals surface area contributed by atoms with E-state index < -0.39 is 10.0 Å². The highest BCUT2D eigenvalue weighted by atomic mass is 32.2. The molecule has 146 valence electrons. The zero-order valence-corrected chi connectivity index (χ0v) is 16.6. The zero-order chi connectivity index (χ0) is 20.1. The average molecular weight is 398 g/mol. The molecule has 7 nitrogen and oxygen atoms in total. The van der Waals surface area contributed by atoms with Crippen molar-refractivity contribution in [1.82, 2.24) is 14.1 Å². The van der Waals surface area contributed by atoms with E-state index in [1.165, 1.54) is 30.4 Å². The molecule has 1 heterocycles. The van der Waals surface area contributed by atoms with Crippen molar-refractivity contribution in [1.29, 1.82) is 0 Å². The summed E-state index contributed by atoms with van der Waals surface area (Å²) in [5, 5.41) is 6.93. The molecule has 0 aliphatic heterocycles. The third kappa shape index (κ3) is 4.85. The number of hydrogen-bond acceptors (Lipinski definition) is 4. The molecular weight excluding hydrogens is 376 g/mol. The number of rotatable bonds is 7. The van der Waals surface area contributed by atoms with E-state index in [2.05, 4.69) is 10.4 Å². The van der Waals surface area contributed by atoms with Crippen molar-refractivity contribution in [3.63, 3.8) is 0 Å². The fourth-order valence-electron chi connectivity index (χ4n) is 2.78. The predicted octanol–water partition coefficient (Wildman–Crippen LogP) is 2.71. The molecule has 0 aliphatic rings. The van der Waals surface area contributed by atoms with E-state index in [4.69, 9.17) is 0 Å². The van der Waals surface area contributed by atoms with Crippen LogP contribution in [0.25, 0.3) is 0 Å². The molecule has 1 amide bonds. The third-order valence-corrected chi connectivity index (χ3v) is 5.98. The summed E-state index contributed by atoms with van der Waals surface area (Å²) in [6, 6.07) is 16.0. The molecular formula is C20H22N4O3S. The second kappa shape index (κ2) is 8.37. The number of carbonyl (C=O) groups is 1. The Morgan fingerprint density at radius 1 is 1.07 bits per heavy atom. The number of hydrogen-bond donors (Lipinski definition) is 1. The number of carbonyl (C=O) groups excluding carboxylic acids is 1. The zero-order valence-electron chi connectivity index (χ0n) is 15.7. The lowest BCUT2D eigenvalue weighted by Gasteiger charge is -2.16. The Bertz CT molecular complexity index is 1040. The van der Waals surface area contributed by atoms with Gasteiger partial charge in [-0.25, -0.2) is 8.42 Å². The Labute approximate surface area is 164 Å². The van der Waals surface area contributed by atoms with Crippen LogP contribution in [0.5, 0.6) is 0 Å². The van der Waals surface area contributed by atoms with Crippen LogP contribution in [0.1, 0.15) is 18.1 Å². The number of sulfonamides is 1. The van der Waals surface area contributed by atoms with Crippen molar-refractivity contribution in [2.24, 2.45) is 0 Å². The second-order valence-corrected chi connectivity index (χ2v) is 8.54. The Balaban J connectivity index is 1.68. The maximum Gasteiger partial charge on any atom is 0.243 e. The van der Waals surface area contributed by atoms with E-state index in [1.807, 2.05) is 36.5 Å². The molecule has 3 aromatic rings. The van der Waals surface area contributed by atoms with Crippen LogP contribution in [0, 0.1) is 0 Å². The van der Waals surface area contributed by atoms with Crippen LogP contribution in [-0.4, -0.2) is 35.5 Å². The summed E-state index contributed by atoms with van der Waals surface area (Å²) < 4.78 is 28.6. The monoisotopic (exact) mass is 398 g/mol. The average Bonchev–Trinajstić information content (AvgIpc) is 3.09. The minimum absolute atomic E-state index is 0.167. The lowest BCUT2D eigenvalue weighted by molar-refractivity contribution is -0.114. The number of nitrogens with zero attached hydrogens (tertiary/aromatic N) is 3. The highest BCUT2D eigenvalue weighted by Crippen LogP contribution is 2.19. The molecule has 1 N–H and O–H groups in total. The summed E-state index contributed by atoms with van der Waals surface area (Å²) >= 11 is 0. The summed E-state index contributed by atoms with van der Waals surface area (Å²) in [4.78, 5) is 11.2. The topological polar surface area (TPSA) is 84.3 Å². The molecule has 0 saturated carbocycles. The minimum atomic E-state index is -3.65. The first-order valence-electron chi connectivity index (χ1n) is 8.74. The van der Waals surface area contributed by atoms with Gasteiger partial charge in [0.2, 0.25) is 15.9 Å². The molecule has 1 aromatic heterocycles. The lowest BCUT2D eigenvalue weighted by Crippen LogP contribution is -2.26. The van der Waals surface area contributed by atoms with Gasteiger partial charge < -0.3 is 5.32 Å². The normalized spacial score (nSPS) is 11.5. The van der Waals surface area contributed by atoms with Gasteiger partial charge in [-0.05, 0) is 29.8 Å². The summed E-state index contributed by atoms with van der Waals surface area (Å²) in [6.45, 7) is 2.24. The molecule has 0 atom stereocenters. The van der Waals surface area contributed by atoms with Crippen molar-refractivity contribution in [2.45, 2.75) is 24.9 Å². The molecule has 8 heteroatoms. The Morgan fingerprint density at radius 3 is 2.39 bits per heavy atom. The van der Waals surface area contributed by atoms with Crippen LogP contribution in [0.3, 0.4) is 0 Å². The quantitative estimate of drug-likeness (QED) is 0.663. The van der Waals surface area contributed by atoms with Gasteiger partial charge in [0, 0.05) is 38.0 Å². The predicted molar refractivity (Wildman–Crippen MR) is 107 cm³/mol. The van der Waals surface area contributed by atoms with E-state index >= 15 is 0 Å². The molecule has 0 saturated heterocycles. The van der Waals surface area contributed by atoms with Crippen LogP contribution in [0.4, 0.5) is 5.69 Å². The number of amides is 1. The minimum Gasteiger partial charge on any atom is -0.326 e. The molecule has 0 unspecified atom stereocenters. The molecule has 0 fully saturated rings. The molecule has 0 radical (unpaired) electrons. The fourth-order valence-corrected chi connectivity index (χ4v) is 3.94. The maximum absolute atomic E-state index is 12.8. The highest BCUT2D eigenvalue weighted by molar-refractivity contribution is 7.89. The first-order chi connectivity index (χ1) is 13.3. The smallest absolute Gasteiger partial charge is 0.243 e. The molecule has 0 aliphatic carbocycles. The van der Waals surface area contributed by atoms with Crippen LogP contribution in [-0.2, 0) is 27.9 Å². The van der Waals surface area contributed by atoms with Crippen LogP contribution in [0.15, 0.2) is 71.9 Å². The number of aromatic nitrogens is 2. The van der Waals surface area contributed by atoms with Gasteiger partial charge in [-0.1, -0.05) is 30.3 Å². The Kier molecular flexibility index (Phi) is 5.91. The molecule has 0 spiro atoms. The van der Waals surface area contributed by atoms with E-state index in [1.54, 1.807) is 23.0 Å². The van der Waals surface area contributed by atoms with Crippen LogP contribution >= 0.6 is 0 Å². The second-order valence-electron chi connectivity index (χ2n) is 6.50. The third-order valence-electron chi connectivity index (χ3n) is 4.16. The number of anilines is 1. The van der Waals surface area contributed by atoms with Gasteiger partial charge in [-0.15, -0.1) is 0 Å². The SMILES string of the molecule is CC(=O)Nc1ccc(S(=O)(=O)N(C)Cc2cnn(Cc3ccccc3)c2)cc1. The van der Waals surface area contributed by atoms with Crippen molar-refractivity contribution >= 4 is 21.6 Å². The molecule has 3 rings (SSSR count). The molecule has 2 aromatic carbocycles. The summed E-state index contributed by atoms with van der Waals surface area (Å²) in [6.07, 6.45) is 3.52. The number of benzene rings is 2. The first kappa shape index (κ1) is 19.8. The van der Waals surface area contributed by atoms with Crippen molar-refractivity contribution in [2.75, 3.05) is 12.4 Å². The van der Waals surface area contributed by atoms with Gasteiger partial charge >= 0.3 is 0 Å². The van der Waals surface area contributed by atoms with Gasteiger partial charge in [0.1, 0.15) is 0 Å². The maximum atomic E-state index is 12.8. The Hall–Kier alpha value is -2.97. The fraction of sp³-hybridized carbons (Fsp3) is 0.200. The largest absolute Gasteiger partial charge is 0.326 e. The van der Waals surface area contributed by atoms with Crippen molar-refractivity contribution in [3.05, 3.63) is 78.1 Å². The van der Waals surface area contributed by atoms with Gasteiger partial charge in [-0.2, -0.15) is 9.40 Å². The van der Waals surface area contributed by atoms with Crippen LogP contribution in [0.2, 0.25) is 0 Å².